The highest BCUT2D eigenvalue weighted by Crippen LogP contribution is 2.30. The normalized spacial score (nSPS) is 20.1. The van der Waals surface area contributed by atoms with Crippen molar-refractivity contribution >= 4 is 17.2 Å². The molecule has 0 unspecified atom stereocenters. The number of hydrogen-bond donors (Lipinski definition) is 1. The number of nitrogens with one attached hydrogen (secondary N) is 1. The van der Waals surface area contributed by atoms with E-state index in [1.165, 1.54) is 29.7 Å². The molecule has 1 aliphatic carbocycles. The van der Waals surface area contributed by atoms with E-state index in [-0.39, 0.29) is 5.91 Å². The second-order valence-electron chi connectivity index (χ2n) is 5.66. The van der Waals surface area contributed by atoms with E-state index in [4.69, 9.17) is 0 Å². The van der Waals surface area contributed by atoms with Gasteiger partial charge in [0.2, 0.25) is 0 Å². The summed E-state index contributed by atoms with van der Waals surface area (Å²) in [5.74, 6) is 0.228. The molecule has 4 heteroatoms. The highest BCUT2D eigenvalue weighted by molar-refractivity contribution is 7.14. The van der Waals surface area contributed by atoms with Crippen molar-refractivity contribution in [2.75, 3.05) is 20.1 Å². The van der Waals surface area contributed by atoms with E-state index in [1.807, 2.05) is 11.9 Å². The lowest BCUT2D eigenvalue weighted by Gasteiger charge is -2.31. The van der Waals surface area contributed by atoms with Crippen LogP contribution in [0.15, 0.2) is 6.07 Å². The second kappa shape index (κ2) is 5.63. The van der Waals surface area contributed by atoms with Crippen LogP contribution in [0.5, 0.6) is 0 Å². The summed E-state index contributed by atoms with van der Waals surface area (Å²) in [6.45, 7) is 2.06. The monoisotopic (exact) mass is 278 g/mol. The standard InChI is InChI=1S/C15H22N2OS/c1-17(12-6-8-16-9-7-12)15(18)14-10-11-4-2-3-5-13(11)19-14/h10,12,16H,2-9H2,1H3. The number of thiophene rings is 1. The third-order valence-electron chi connectivity index (χ3n) is 4.38. The van der Waals surface area contributed by atoms with E-state index < -0.39 is 0 Å². The molecule has 1 N–H and O–H groups in total. The molecule has 3 rings (SSSR count). The smallest absolute Gasteiger partial charge is 0.263 e. The largest absolute Gasteiger partial charge is 0.338 e. The molecule has 1 fully saturated rings. The van der Waals surface area contributed by atoms with Crippen LogP contribution < -0.4 is 5.32 Å². The number of aryl methyl sites for hydroxylation is 2. The third kappa shape index (κ3) is 2.70. The van der Waals surface area contributed by atoms with Gasteiger partial charge >= 0.3 is 0 Å². The van der Waals surface area contributed by atoms with Crippen LogP contribution in [0, 0.1) is 0 Å². The summed E-state index contributed by atoms with van der Waals surface area (Å²) in [7, 11) is 1.97. The van der Waals surface area contributed by atoms with Gasteiger partial charge < -0.3 is 10.2 Å². The van der Waals surface area contributed by atoms with Gasteiger partial charge in [-0.2, -0.15) is 0 Å². The summed E-state index contributed by atoms with van der Waals surface area (Å²) in [6, 6.07) is 2.56. The van der Waals surface area contributed by atoms with Crippen molar-refractivity contribution in [1.82, 2.24) is 10.2 Å². The Balaban J connectivity index is 1.73. The maximum absolute atomic E-state index is 12.6. The number of carbonyl (C=O) groups is 1. The topological polar surface area (TPSA) is 32.3 Å². The molecule has 1 aromatic rings. The van der Waals surface area contributed by atoms with Crippen molar-refractivity contribution in [1.29, 1.82) is 0 Å². The zero-order chi connectivity index (χ0) is 13.2. The Kier molecular flexibility index (Phi) is 3.89. The van der Waals surface area contributed by atoms with Gasteiger partial charge in [0.25, 0.3) is 5.91 Å². The van der Waals surface area contributed by atoms with Crippen LogP contribution in [0.4, 0.5) is 0 Å². The molecule has 1 amide bonds. The maximum atomic E-state index is 12.6. The Hall–Kier alpha value is -0.870. The molecule has 0 spiro atoms. The van der Waals surface area contributed by atoms with Gasteiger partial charge in [-0.3, -0.25) is 4.79 Å². The van der Waals surface area contributed by atoms with E-state index in [0.29, 0.717) is 6.04 Å². The number of hydrogen-bond acceptors (Lipinski definition) is 3. The van der Waals surface area contributed by atoms with Gasteiger partial charge in [-0.05, 0) is 63.2 Å². The summed E-state index contributed by atoms with van der Waals surface area (Å²) >= 11 is 1.73. The minimum atomic E-state index is 0.228. The molecule has 0 radical (unpaired) electrons. The van der Waals surface area contributed by atoms with Gasteiger partial charge in [-0.1, -0.05) is 0 Å². The maximum Gasteiger partial charge on any atom is 0.263 e. The SMILES string of the molecule is CN(C(=O)c1cc2c(s1)CCCC2)C1CCNCC1. The molecule has 2 aliphatic rings. The number of carbonyl (C=O) groups excluding carboxylic acids is 1. The molecule has 0 aromatic carbocycles. The van der Waals surface area contributed by atoms with Gasteiger partial charge in [-0.15, -0.1) is 11.3 Å². The van der Waals surface area contributed by atoms with Crippen LogP contribution >= 0.6 is 11.3 Å². The minimum Gasteiger partial charge on any atom is -0.338 e. The van der Waals surface area contributed by atoms with E-state index in [0.717, 1.165) is 37.2 Å². The molecule has 0 atom stereocenters. The lowest BCUT2D eigenvalue weighted by Crippen LogP contribution is -2.43. The van der Waals surface area contributed by atoms with Crippen LogP contribution in [0.1, 0.15) is 45.8 Å². The fourth-order valence-electron chi connectivity index (χ4n) is 3.13. The van der Waals surface area contributed by atoms with Crippen LogP contribution in [-0.4, -0.2) is 37.0 Å². The summed E-state index contributed by atoms with van der Waals surface area (Å²) in [5, 5.41) is 3.35. The highest BCUT2D eigenvalue weighted by atomic mass is 32.1. The van der Waals surface area contributed by atoms with Gasteiger partial charge in [-0.25, -0.2) is 0 Å². The van der Waals surface area contributed by atoms with Crippen LogP contribution in [-0.2, 0) is 12.8 Å². The van der Waals surface area contributed by atoms with E-state index in [9.17, 15) is 4.79 Å². The van der Waals surface area contributed by atoms with E-state index >= 15 is 0 Å². The first kappa shape index (κ1) is 13.1. The van der Waals surface area contributed by atoms with Crippen molar-refractivity contribution < 1.29 is 4.79 Å². The molecule has 0 saturated carbocycles. The fraction of sp³-hybridized carbons (Fsp3) is 0.667. The molecule has 3 nitrogen and oxygen atoms in total. The average Bonchev–Trinajstić information content (AvgIpc) is 2.90. The van der Waals surface area contributed by atoms with Gasteiger partial charge in [0.05, 0.1) is 4.88 Å². The van der Waals surface area contributed by atoms with Crippen molar-refractivity contribution in [2.45, 2.75) is 44.6 Å². The number of rotatable bonds is 2. The van der Waals surface area contributed by atoms with E-state index in [2.05, 4.69) is 11.4 Å². The highest BCUT2D eigenvalue weighted by Gasteiger charge is 2.25. The first-order chi connectivity index (χ1) is 9.25. The molecule has 1 saturated heterocycles. The van der Waals surface area contributed by atoms with Crippen molar-refractivity contribution in [2.24, 2.45) is 0 Å². The average molecular weight is 278 g/mol. The zero-order valence-corrected chi connectivity index (χ0v) is 12.4. The third-order valence-corrected chi connectivity index (χ3v) is 5.61. The van der Waals surface area contributed by atoms with Crippen LogP contribution in [0.25, 0.3) is 0 Å². The first-order valence-corrected chi connectivity index (χ1v) is 8.17. The quantitative estimate of drug-likeness (QED) is 0.901. The second-order valence-corrected chi connectivity index (χ2v) is 6.80. The summed E-state index contributed by atoms with van der Waals surface area (Å²) in [6.07, 6.45) is 7.05. The fourth-order valence-corrected chi connectivity index (χ4v) is 4.37. The van der Waals surface area contributed by atoms with Crippen LogP contribution in [0.2, 0.25) is 0 Å². The van der Waals surface area contributed by atoms with Gasteiger partial charge in [0.15, 0.2) is 0 Å². The van der Waals surface area contributed by atoms with Gasteiger partial charge in [0, 0.05) is 18.0 Å². The Morgan fingerprint density at radius 3 is 2.79 bits per heavy atom. The minimum absolute atomic E-state index is 0.228. The number of piperidine rings is 1. The Labute approximate surface area is 119 Å². The summed E-state index contributed by atoms with van der Waals surface area (Å²) in [4.78, 5) is 17.0. The van der Waals surface area contributed by atoms with Crippen molar-refractivity contribution in [3.8, 4) is 0 Å². The first-order valence-electron chi connectivity index (χ1n) is 7.35. The van der Waals surface area contributed by atoms with Crippen molar-refractivity contribution in [3.63, 3.8) is 0 Å². The number of fused-ring (bicyclic) bond motifs is 1. The Bertz CT molecular complexity index is 439. The Morgan fingerprint density at radius 2 is 2.05 bits per heavy atom. The molecular formula is C15H22N2OS. The summed E-state index contributed by atoms with van der Waals surface area (Å²) in [5.41, 5.74) is 1.43. The predicted molar refractivity (Wildman–Crippen MR) is 78.9 cm³/mol. The summed E-state index contributed by atoms with van der Waals surface area (Å²) < 4.78 is 0. The van der Waals surface area contributed by atoms with E-state index in [1.54, 1.807) is 11.3 Å². The molecular weight excluding hydrogens is 256 g/mol. The predicted octanol–water partition coefficient (Wildman–Crippen LogP) is 2.45. The Morgan fingerprint density at radius 1 is 1.32 bits per heavy atom. The van der Waals surface area contributed by atoms with Crippen LogP contribution in [0.3, 0.4) is 0 Å². The number of amides is 1. The molecule has 19 heavy (non-hydrogen) atoms. The molecule has 1 aromatic heterocycles. The van der Waals surface area contributed by atoms with Gasteiger partial charge in [0.1, 0.15) is 0 Å². The molecule has 2 heterocycles. The lowest BCUT2D eigenvalue weighted by atomic mass is 9.99. The molecule has 0 bridgehead atoms. The number of nitrogens with zero attached hydrogens (tertiary/aromatic N) is 1. The molecule has 1 aliphatic heterocycles. The molecule has 104 valence electrons. The zero-order valence-electron chi connectivity index (χ0n) is 11.6. The lowest BCUT2D eigenvalue weighted by molar-refractivity contribution is 0.0708. The van der Waals surface area contributed by atoms with Crippen molar-refractivity contribution in [3.05, 3.63) is 21.4 Å².